The van der Waals surface area contributed by atoms with Crippen LogP contribution in [0.2, 0.25) is 0 Å². The van der Waals surface area contributed by atoms with E-state index in [1.54, 1.807) is 0 Å². The summed E-state index contributed by atoms with van der Waals surface area (Å²) in [4.78, 5) is 28.2. The Morgan fingerprint density at radius 3 is 2.50 bits per heavy atom. The smallest absolute Gasteiger partial charge is 0.308 e. The van der Waals surface area contributed by atoms with E-state index in [2.05, 4.69) is 26.4 Å². The number of carbonyl (C=O) groups excluding carboxylic acids is 2. The van der Waals surface area contributed by atoms with Gasteiger partial charge in [0.05, 0.1) is 25.0 Å². The molecule has 2 heterocycles. The fraction of sp³-hybridized carbons (Fsp3) is 0.737. The molecule has 2 aliphatic rings. The van der Waals surface area contributed by atoms with E-state index in [0.717, 1.165) is 57.3 Å². The molecule has 7 nitrogen and oxygen atoms in total. The number of esters is 1. The number of imidazole rings is 1. The second-order valence-electron chi connectivity index (χ2n) is 7.43. The molecule has 0 atom stereocenters. The van der Waals surface area contributed by atoms with Gasteiger partial charge in [-0.1, -0.05) is 0 Å². The second-order valence-corrected chi connectivity index (χ2v) is 7.43. The molecule has 1 aromatic heterocycles. The Hall–Kier alpha value is -1.31. The van der Waals surface area contributed by atoms with Crippen LogP contribution in [0, 0.1) is 5.92 Å². The van der Waals surface area contributed by atoms with Crippen molar-refractivity contribution in [2.45, 2.75) is 63.5 Å². The largest absolute Gasteiger partial charge is 0.469 e. The van der Waals surface area contributed by atoms with Gasteiger partial charge in [-0.25, -0.2) is 4.98 Å². The molecule has 9 heteroatoms. The molecule has 160 valence electrons. The van der Waals surface area contributed by atoms with Gasteiger partial charge in [0, 0.05) is 24.7 Å². The lowest BCUT2D eigenvalue weighted by Gasteiger charge is -2.27. The van der Waals surface area contributed by atoms with Crippen LogP contribution in [0.15, 0.2) is 12.5 Å². The van der Waals surface area contributed by atoms with Crippen LogP contribution in [-0.4, -0.2) is 47.7 Å². The fourth-order valence-electron chi connectivity index (χ4n) is 3.99. The minimum Gasteiger partial charge on any atom is -0.469 e. The summed E-state index contributed by atoms with van der Waals surface area (Å²) in [5, 5.41) is 6.47. The van der Waals surface area contributed by atoms with Gasteiger partial charge in [-0.2, -0.15) is 0 Å². The normalized spacial score (nSPS) is 22.5. The topological polar surface area (TPSA) is 85.2 Å². The van der Waals surface area contributed by atoms with Gasteiger partial charge in [0.15, 0.2) is 0 Å². The van der Waals surface area contributed by atoms with Crippen molar-refractivity contribution in [2.24, 2.45) is 5.92 Å². The number of piperidine rings is 1. The number of ether oxygens (including phenoxy) is 1. The third kappa shape index (κ3) is 6.94. The number of hydrogen-bond acceptors (Lipinski definition) is 5. The zero-order valence-electron chi connectivity index (χ0n) is 16.4. The van der Waals surface area contributed by atoms with Crippen molar-refractivity contribution >= 4 is 36.7 Å². The molecule has 0 spiro atoms. The number of aromatic nitrogens is 2. The zero-order chi connectivity index (χ0) is 18.4. The third-order valence-electron chi connectivity index (χ3n) is 5.62. The van der Waals surface area contributed by atoms with Gasteiger partial charge in [-0.05, 0) is 58.0 Å². The Balaban J connectivity index is 0.00000196. The average molecular weight is 435 g/mol. The summed E-state index contributed by atoms with van der Waals surface area (Å²) in [6.45, 7) is 2.11. The van der Waals surface area contributed by atoms with Gasteiger partial charge in [-0.15, -0.1) is 24.8 Å². The minimum absolute atomic E-state index is 0. The first-order chi connectivity index (χ1) is 12.7. The summed E-state index contributed by atoms with van der Waals surface area (Å²) in [6, 6.07) is 0.701. The molecule has 1 saturated heterocycles. The van der Waals surface area contributed by atoms with Crippen LogP contribution in [0.1, 0.15) is 56.7 Å². The summed E-state index contributed by atoms with van der Waals surface area (Å²) < 4.78 is 7.00. The minimum atomic E-state index is -0.126. The van der Waals surface area contributed by atoms with Gasteiger partial charge in [0.25, 0.3) is 0 Å². The molecule has 0 bridgehead atoms. The van der Waals surface area contributed by atoms with E-state index < -0.39 is 0 Å². The highest BCUT2D eigenvalue weighted by molar-refractivity contribution is 5.85. The van der Waals surface area contributed by atoms with Gasteiger partial charge in [0.1, 0.15) is 0 Å². The number of rotatable bonds is 6. The Morgan fingerprint density at radius 1 is 1.18 bits per heavy atom. The summed E-state index contributed by atoms with van der Waals surface area (Å²) in [5.74, 6) is -0.0610. The summed E-state index contributed by atoms with van der Waals surface area (Å²) >= 11 is 0. The fourth-order valence-corrected chi connectivity index (χ4v) is 3.99. The maximum atomic E-state index is 12.2. The molecule has 0 unspecified atom stereocenters. The SMILES string of the molecule is COC(=O)[C@H]1CC[C@H](NC(=O)CCc2cn(C3CCNCC3)cn2)CC1.Cl.Cl. The number of amides is 1. The summed E-state index contributed by atoms with van der Waals surface area (Å²) in [6.07, 6.45) is 10.6. The molecule has 1 aromatic rings. The van der Waals surface area contributed by atoms with E-state index in [0.29, 0.717) is 18.9 Å². The van der Waals surface area contributed by atoms with Crippen LogP contribution in [0.4, 0.5) is 0 Å². The van der Waals surface area contributed by atoms with Crippen molar-refractivity contribution in [3.63, 3.8) is 0 Å². The predicted octanol–water partition coefficient (Wildman–Crippen LogP) is 2.43. The van der Waals surface area contributed by atoms with Crippen LogP contribution >= 0.6 is 24.8 Å². The molecule has 1 aliphatic carbocycles. The molecule has 0 aromatic carbocycles. The van der Waals surface area contributed by atoms with Crippen LogP contribution in [-0.2, 0) is 20.7 Å². The lowest BCUT2D eigenvalue weighted by atomic mass is 9.86. The van der Waals surface area contributed by atoms with Gasteiger partial charge >= 0.3 is 5.97 Å². The van der Waals surface area contributed by atoms with E-state index in [-0.39, 0.29) is 48.7 Å². The molecule has 28 heavy (non-hydrogen) atoms. The third-order valence-corrected chi connectivity index (χ3v) is 5.62. The number of hydrogen-bond donors (Lipinski definition) is 2. The standard InChI is InChI=1S/C19H30N4O3.2ClH/c1-26-19(25)14-2-4-15(5-3-14)22-18(24)7-6-16-12-23(13-21-16)17-8-10-20-11-9-17;;/h12-15,17,20H,2-11H2,1H3,(H,22,24);2*1H/t14-,15-;;. The quantitative estimate of drug-likeness (QED) is 0.671. The number of halogens is 2. The number of methoxy groups -OCH3 is 1. The van der Waals surface area contributed by atoms with E-state index in [4.69, 9.17) is 4.74 Å². The average Bonchev–Trinajstić information content (AvgIpc) is 3.16. The van der Waals surface area contributed by atoms with Crippen LogP contribution in [0.3, 0.4) is 0 Å². The van der Waals surface area contributed by atoms with Gasteiger partial charge in [0.2, 0.25) is 5.91 Å². The van der Waals surface area contributed by atoms with Gasteiger partial charge < -0.3 is 19.9 Å². The number of aryl methyl sites for hydroxylation is 1. The lowest BCUT2D eigenvalue weighted by Crippen LogP contribution is -2.39. The van der Waals surface area contributed by atoms with Crippen LogP contribution in [0.5, 0.6) is 0 Å². The monoisotopic (exact) mass is 434 g/mol. The Labute approximate surface area is 179 Å². The van der Waals surface area contributed by atoms with Crippen molar-refractivity contribution in [3.8, 4) is 0 Å². The first kappa shape index (κ1) is 24.7. The number of nitrogens with zero attached hydrogens (tertiary/aromatic N) is 2. The first-order valence-corrected chi connectivity index (χ1v) is 9.76. The van der Waals surface area contributed by atoms with Crippen molar-refractivity contribution < 1.29 is 14.3 Å². The lowest BCUT2D eigenvalue weighted by molar-refractivity contribution is -0.146. The molecular formula is C19H32Cl2N4O3. The van der Waals surface area contributed by atoms with Crippen LogP contribution < -0.4 is 10.6 Å². The molecule has 1 aliphatic heterocycles. The van der Waals surface area contributed by atoms with E-state index >= 15 is 0 Å². The van der Waals surface area contributed by atoms with Gasteiger partial charge in [-0.3, -0.25) is 9.59 Å². The number of carbonyl (C=O) groups is 2. The van der Waals surface area contributed by atoms with E-state index in [1.165, 1.54) is 7.11 Å². The van der Waals surface area contributed by atoms with Crippen molar-refractivity contribution in [3.05, 3.63) is 18.2 Å². The molecular weight excluding hydrogens is 403 g/mol. The highest BCUT2D eigenvalue weighted by Crippen LogP contribution is 2.25. The molecule has 2 fully saturated rings. The summed E-state index contributed by atoms with van der Waals surface area (Å²) in [5.41, 5.74) is 0.980. The highest BCUT2D eigenvalue weighted by Gasteiger charge is 2.27. The first-order valence-electron chi connectivity index (χ1n) is 9.76. The zero-order valence-corrected chi connectivity index (χ0v) is 18.0. The predicted molar refractivity (Wildman–Crippen MR) is 112 cm³/mol. The molecule has 2 N–H and O–H groups in total. The van der Waals surface area contributed by atoms with Crippen molar-refractivity contribution in [2.75, 3.05) is 20.2 Å². The maximum absolute atomic E-state index is 12.2. The molecule has 3 rings (SSSR count). The molecule has 1 amide bonds. The Kier molecular flexibility index (Phi) is 10.9. The van der Waals surface area contributed by atoms with E-state index in [9.17, 15) is 9.59 Å². The van der Waals surface area contributed by atoms with Crippen LogP contribution in [0.25, 0.3) is 0 Å². The van der Waals surface area contributed by atoms with Crippen molar-refractivity contribution in [1.29, 1.82) is 0 Å². The molecule has 0 radical (unpaired) electrons. The number of nitrogens with one attached hydrogen (secondary N) is 2. The molecule has 1 saturated carbocycles. The Morgan fingerprint density at radius 2 is 1.86 bits per heavy atom. The summed E-state index contributed by atoms with van der Waals surface area (Å²) in [7, 11) is 1.43. The van der Waals surface area contributed by atoms with E-state index in [1.807, 2.05) is 6.33 Å². The maximum Gasteiger partial charge on any atom is 0.308 e. The Bertz CT molecular complexity index is 612. The second kappa shape index (κ2) is 12.3. The van der Waals surface area contributed by atoms with Crippen molar-refractivity contribution in [1.82, 2.24) is 20.2 Å². The highest BCUT2D eigenvalue weighted by atomic mass is 35.5.